The van der Waals surface area contributed by atoms with E-state index in [0.717, 1.165) is 15.8 Å². The largest absolute Gasteiger partial charge is 0.457 e. The Balaban J connectivity index is 1.72. The summed E-state index contributed by atoms with van der Waals surface area (Å²) in [7, 11) is -2.76. The first-order valence-corrected chi connectivity index (χ1v) is 11.6. The molecule has 1 amide bonds. The van der Waals surface area contributed by atoms with E-state index < -0.39 is 16.1 Å². The molecule has 3 heterocycles. The van der Waals surface area contributed by atoms with Crippen LogP contribution in [0.5, 0.6) is 17.2 Å². The van der Waals surface area contributed by atoms with Crippen molar-refractivity contribution in [2.24, 2.45) is 0 Å². The number of hydrogen-bond acceptors (Lipinski definition) is 10. The Morgan fingerprint density at radius 1 is 1.12 bits per heavy atom. The highest BCUT2D eigenvalue weighted by molar-refractivity contribution is 7.92. The van der Waals surface area contributed by atoms with E-state index in [4.69, 9.17) is 14.7 Å². The van der Waals surface area contributed by atoms with Crippen molar-refractivity contribution in [3.63, 3.8) is 0 Å². The number of aromatic nitrogens is 3. The monoisotopic (exact) mass is 487 g/mol. The van der Waals surface area contributed by atoms with Crippen molar-refractivity contribution < 1.29 is 27.9 Å². The Hall–Kier alpha value is -3.81. The van der Waals surface area contributed by atoms with E-state index in [9.17, 15) is 13.2 Å². The number of nitrogens with zero attached hydrogens (tertiary/aromatic N) is 4. The van der Waals surface area contributed by atoms with E-state index in [1.807, 2.05) is 0 Å². The van der Waals surface area contributed by atoms with Gasteiger partial charge in [0, 0.05) is 19.4 Å². The zero-order chi connectivity index (χ0) is 23.6. The topological polar surface area (TPSA) is 144 Å². The minimum atomic E-state index is -4.09. The molecule has 13 heteroatoms. The summed E-state index contributed by atoms with van der Waals surface area (Å²) in [4.78, 5) is 20.1. The van der Waals surface area contributed by atoms with Gasteiger partial charge in [-0.05, 0) is 54.9 Å². The summed E-state index contributed by atoms with van der Waals surface area (Å²) in [6.07, 6.45) is 3.16. The fourth-order valence-corrected chi connectivity index (χ4v) is 5.00. The van der Waals surface area contributed by atoms with Crippen LogP contribution in [0, 0.1) is 6.92 Å². The van der Waals surface area contributed by atoms with Gasteiger partial charge in [0.05, 0.1) is 22.2 Å². The van der Waals surface area contributed by atoms with E-state index in [2.05, 4.69) is 14.3 Å². The van der Waals surface area contributed by atoms with Gasteiger partial charge in [0.15, 0.2) is 5.75 Å². The van der Waals surface area contributed by atoms with Crippen LogP contribution < -0.4 is 19.3 Å². The van der Waals surface area contributed by atoms with Crippen molar-refractivity contribution in [2.75, 3.05) is 11.4 Å². The number of carbonyl (C=O) groups is 1. The van der Waals surface area contributed by atoms with Gasteiger partial charge in [-0.1, -0.05) is 0 Å². The van der Waals surface area contributed by atoms with E-state index in [1.54, 1.807) is 31.5 Å². The lowest BCUT2D eigenvalue weighted by Gasteiger charge is -2.22. The lowest BCUT2D eigenvalue weighted by molar-refractivity contribution is 0.127. The van der Waals surface area contributed by atoms with Crippen LogP contribution in [0.1, 0.15) is 5.69 Å². The van der Waals surface area contributed by atoms with Crippen LogP contribution in [-0.2, 0) is 10.0 Å². The first-order valence-electron chi connectivity index (χ1n) is 9.35. The van der Waals surface area contributed by atoms with Crippen LogP contribution >= 0.6 is 11.5 Å². The third kappa shape index (κ3) is 4.41. The van der Waals surface area contributed by atoms with Gasteiger partial charge in [0.1, 0.15) is 22.0 Å². The molecule has 33 heavy (non-hydrogen) atoms. The van der Waals surface area contributed by atoms with Crippen molar-refractivity contribution in [1.82, 2.24) is 19.8 Å². The van der Waals surface area contributed by atoms with Gasteiger partial charge in [-0.15, -0.1) is 0 Å². The molecule has 0 aliphatic carbocycles. The molecule has 0 saturated heterocycles. The molecule has 0 aliphatic heterocycles. The van der Waals surface area contributed by atoms with Crippen molar-refractivity contribution in [2.45, 2.75) is 11.8 Å². The first-order chi connectivity index (χ1) is 15.8. The summed E-state index contributed by atoms with van der Waals surface area (Å²) < 4.78 is 42.8. The van der Waals surface area contributed by atoms with Crippen LogP contribution in [0.3, 0.4) is 0 Å². The Bertz CT molecular complexity index is 1410. The molecule has 11 nitrogen and oxygen atoms in total. The zero-order valence-electron chi connectivity index (χ0n) is 17.3. The van der Waals surface area contributed by atoms with Crippen LogP contribution in [0.4, 0.5) is 10.5 Å². The molecule has 1 aromatic carbocycles. The van der Waals surface area contributed by atoms with Crippen LogP contribution in [0.2, 0.25) is 0 Å². The molecule has 0 radical (unpaired) electrons. The maximum Gasteiger partial charge on any atom is 0.436 e. The summed E-state index contributed by atoms with van der Waals surface area (Å²) in [6.45, 7) is 1.69. The first kappa shape index (κ1) is 22.4. The van der Waals surface area contributed by atoms with Crippen molar-refractivity contribution in [3.8, 4) is 17.2 Å². The third-order valence-corrected chi connectivity index (χ3v) is 7.21. The van der Waals surface area contributed by atoms with Gasteiger partial charge < -0.3 is 9.47 Å². The molecular formula is C20H17N5O6S2. The summed E-state index contributed by atoms with van der Waals surface area (Å²) in [5.74, 6) is 0.831. The molecule has 0 spiro atoms. The second kappa shape index (κ2) is 8.97. The average Bonchev–Trinajstić information content (AvgIpc) is 3.20. The van der Waals surface area contributed by atoms with Crippen LogP contribution in [0.15, 0.2) is 59.9 Å². The molecule has 0 bridgehead atoms. The van der Waals surface area contributed by atoms with Gasteiger partial charge in [-0.25, -0.2) is 23.7 Å². The second-order valence-electron chi connectivity index (χ2n) is 6.65. The number of pyridine rings is 2. The fraction of sp³-hybridized carbons (Fsp3) is 0.100. The highest BCUT2D eigenvalue weighted by Crippen LogP contribution is 2.40. The van der Waals surface area contributed by atoms with Gasteiger partial charge in [0.25, 0.3) is 10.0 Å². The number of nitrogens with one attached hydrogen (secondary N) is 1. The SMILES string of the molecule is Cc1nsc2ncc(OC(=O)NO)c(N(C)S(=O)(=O)c3ccc(Oc4ccncc4)cc3)c12. The number of amides is 1. The van der Waals surface area contributed by atoms with Crippen LogP contribution in [0.25, 0.3) is 10.2 Å². The minimum absolute atomic E-state index is 0.0181. The maximum atomic E-state index is 13.4. The van der Waals surface area contributed by atoms with Gasteiger partial charge in [-0.3, -0.25) is 14.5 Å². The number of sulfonamides is 1. The lowest BCUT2D eigenvalue weighted by atomic mass is 10.2. The minimum Gasteiger partial charge on any atom is -0.457 e. The van der Waals surface area contributed by atoms with Gasteiger partial charge >= 0.3 is 6.09 Å². The third-order valence-electron chi connectivity index (χ3n) is 4.59. The number of ether oxygens (including phenoxy) is 2. The standard InChI is InChI=1S/C20H17N5O6S2/c1-12-17-18(16(31-20(26)23-27)11-22-19(17)32-24-12)25(2)33(28,29)15-5-3-13(4-6-15)30-14-7-9-21-10-8-14/h3-11,27H,1-2H3,(H,23,26). The summed E-state index contributed by atoms with van der Waals surface area (Å²) in [5.41, 5.74) is 1.92. The number of aryl methyl sites for hydroxylation is 1. The molecule has 0 fully saturated rings. The van der Waals surface area contributed by atoms with E-state index in [0.29, 0.717) is 27.4 Å². The number of hydrogen-bond donors (Lipinski definition) is 2. The van der Waals surface area contributed by atoms with E-state index >= 15 is 0 Å². The summed E-state index contributed by atoms with van der Waals surface area (Å²) in [5, 5.41) is 9.23. The predicted octanol–water partition coefficient (Wildman–Crippen LogP) is 3.49. The van der Waals surface area contributed by atoms with Crippen molar-refractivity contribution >= 4 is 43.6 Å². The second-order valence-corrected chi connectivity index (χ2v) is 9.37. The smallest absolute Gasteiger partial charge is 0.436 e. The molecule has 0 aliphatic rings. The predicted molar refractivity (Wildman–Crippen MR) is 119 cm³/mol. The summed E-state index contributed by atoms with van der Waals surface area (Å²) in [6, 6.07) is 9.21. The molecule has 0 unspecified atom stereocenters. The molecule has 4 rings (SSSR count). The number of hydroxylamine groups is 1. The van der Waals surface area contributed by atoms with E-state index in [-0.39, 0.29) is 16.3 Å². The van der Waals surface area contributed by atoms with Crippen molar-refractivity contribution in [1.29, 1.82) is 0 Å². The Labute approximate surface area is 192 Å². The number of benzene rings is 1. The van der Waals surface area contributed by atoms with E-state index in [1.165, 1.54) is 43.0 Å². The maximum absolute atomic E-state index is 13.4. The molecule has 0 saturated carbocycles. The zero-order valence-corrected chi connectivity index (χ0v) is 18.9. The number of carbonyl (C=O) groups excluding carboxylic acids is 1. The normalized spacial score (nSPS) is 11.2. The Kier molecular flexibility index (Phi) is 6.09. The molecule has 0 atom stereocenters. The number of fused-ring (bicyclic) bond motifs is 1. The molecule has 4 aromatic rings. The molecule has 2 N–H and O–H groups in total. The lowest BCUT2D eigenvalue weighted by Crippen LogP contribution is -2.29. The molecule has 170 valence electrons. The molecular weight excluding hydrogens is 470 g/mol. The Morgan fingerprint density at radius 3 is 2.45 bits per heavy atom. The highest BCUT2D eigenvalue weighted by atomic mass is 32.2. The summed E-state index contributed by atoms with van der Waals surface area (Å²) >= 11 is 1.08. The van der Waals surface area contributed by atoms with Crippen molar-refractivity contribution in [3.05, 3.63) is 60.7 Å². The highest BCUT2D eigenvalue weighted by Gasteiger charge is 2.29. The average molecular weight is 488 g/mol. The van der Waals surface area contributed by atoms with Gasteiger partial charge in [0.2, 0.25) is 0 Å². The number of rotatable bonds is 6. The Morgan fingerprint density at radius 2 is 1.79 bits per heavy atom. The van der Waals surface area contributed by atoms with Gasteiger partial charge in [-0.2, -0.15) is 4.37 Å². The number of anilines is 1. The molecule has 3 aromatic heterocycles. The quantitative estimate of drug-likeness (QED) is 0.308. The fourth-order valence-electron chi connectivity index (χ4n) is 3.03. The van der Waals surface area contributed by atoms with Crippen LogP contribution in [-0.4, -0.2) is 41.1 Å².